The number of rotatable bonds is 3. The molecular weight excluding hydrogens is 186 g/mol. The molecule has 0 aromatic carbocycles. The van der Waals surface area contributed by atoms with Gasteiger partial charge >= 0.3 is 0 Å². The Balaban J connectivity index is 2.03. The Hall–Kier alpha value is -0.120. The lowest BCUT2D eigenvalue weighted by Gasteiger charge is -2.50. The number of hydrogen-bond donors (Lipinski definition) is 1. The number of piperazine rings is 1. The van der Waals surface area contributed by atoms with Crippen LogP contribution in [0.25, 0.3) is 0 Å². The van der Waals surface area contributed by atoms with E-state index in [1.807, 2.05) is 0 Å². The molecule has 0 bridgehead atoms. The molecule has 1 aliphatic heterocycles. The van der Waals surface area contributed by atoms with Crippen molar-refractivity contribution in [3.8, 4) is 0 Å². The molecule has 15 heavy (non-hydrogen) atoms. The van der Waals surface area contributed by atoms with Gasteiger partial charge < -0.3 is 10.6 Å². The summed E-state index contributed by atoms with van der Waals surface area (Å²) in [5.41, 5.74) is 6.03. The van der Waals surface area contributed by atoms with Crippen molar-refractivity contribution in [2.24, 2.45) is 5.73 Å². The molecule has 2 rings (SSSR count). The molecule has 2 N–H and O–H groups in total. The standard InChI is InChI=1S/C12H25N3/c1-12(2)9-14(3)11(6-7-13)8-15(12)10-4-5-10/h10-11H,4-9,13H2,1-3H3. The van der Waals surface area contributed by atoms with Crippen LogP contribution in [0, 0.1) is 0 Å². The predicted molar refractivity (Wildman–Crippen MR) is 63.9 cm³/mol. The summed E-state index contributed by atoms with van der Waals surface area (Å²) in [4.78, 5) is 5.21. The largest absolute Gasteiger partial charge is 0.330 e. The first kappa shape index (κ1) is 11.4. The summed E-state index contributed by atoms with van der Waals surface area (Å²) in [5.74, 6) is 0. The van der Waals surface area contributed by atoms with Crippen LogP contribution in [0.4, 0.5) is 0 Å². The number of nitrogens with zero attached hydrogens (tertiary/aromatic N) is 2. The van der Waals surface area contributed by atoms with E-state index in [0.29, 0.717) is 11.6 Å². The summed E-state index contributed by atoms with van der Waals surface area (Å²) in [6, 6.07) is 1.54. The van der Waals surface area contributed by atoms with E-state index < -0.39 is 0 Å². The second-order valence-corrected chi connectivity index (χ2v) is 5.84. The monoisotopic (exact) mass is 211 g/mol. The van der Waals surface area contributed by atoms with E-state index in [4.69, 9.17) is 5.73 Å². The highest BCUT2D eigenvalue weighted by molar-refractivity contribution is 5.00. The quantitative estimate of drug-likeness (QED) is 0.752. The Morgan fingerprint density at radius 2 is 2.00 bits per heavy atom. The third kappa shape index (κ3) is 2.35. The van der Waals surface area contributed by atoms with Gasteiger partial charge in [0.15, 0.2) is 0 Å². The highest BCUT2D eigenvalue weighted by Gasteiger charge is 2.43. The van der Waals surface area contributed by atoms with Crippen molar-refractivity contribution in [3.05, 3.63) is 0 Å². The van der Waals surface area contributed by atoms with E-state index in [9.17, 15) is 0 Å². The molecular formula is C12H25N3. The molecule has 1 atom stereocenters. The average molecular weight is 211 g/mol. The van der Waals surface area contributed by atoms with E-state index in [1.54, 1.807) is 0 Å². The lowest BCUT2D eigenvalue weighted by molar-refractivity contribution is -0.0122. The molecule has 3 nitrogen and oxygen atoms in total. The van der Waals surface area contributed by atoms with Crippen molar-refractivity contribution in [2.45, 2.75) is 50.7 Å². The molecule has 0 aromatic rings. The first-order valence-electron chi connectivity index (χ1n) is 6.21. The van der Waals surface area contributed by atoms with Crippen molar-refractivity contribution >= 4 is 0 Å². The molecule has 2 aliphatic rings. The van der Waals surface area contributed by atoms with Gasteiger partial charge in [0.2, 0.25) is 0 Å². The molecule has 2 fully saturated rings. The summed E-state index contributed by atoms with van der Waals surface area (Å²) >= 11 is 0. The van der Waals surface area contributed by atoms with Crippen LogP contribution >= 0.6 is 0 Å². The molecule has 3 heteroatoms. The van der Waals surface area contributed by atoms with Gasteiger partial charge in [-0.2, -0.15) is 0 Å². The van der Waals surface area contributed by atoms with Crippen molar-refractivity contribution in [1.82, 2.24) is 9.80 Å². The van der Waals surface area contributed by atoms with Crippen LogP contribution in [0.5, 0.6) is 0 Å². The average Bonchev–Trinajstić information content (AvgIpc) is 2.92. The zero-order chi connectivity index (χ0) is 11.1. The van der Waals surface area contributed by atoms with Crippen molar-refractivity contribution in [1.29, 1.82) is 0 Å². The Morgan fingerprint density at radius 3 is 2.53 bits per heavy atom. The minimum Gasteiger partial charge on any atom is -0.330 e. The van der Waals surface area contributed by atoms with Gasteiger partial charge in [0, 0.05) is 30.7 Å². The fourth-order valence-corrected chi connectivity index (χ4v) is 2.98. The molecule has 1 saturated carbocycles. The smallest absolute Gasteiger partial charge is 0.0283 e. The van der Waals surface area contributed by atoms with Crippen LogP contribution in [-0.2, 0) is 0 Å². The minimum atomic E-state index is 0.348. The molecule has 1 unspecified atom stereocenters. The molecule has 0 amide bonds. The first-order valence-corrected chi connectivity index (χ1v) is 6.21. The summed E-state index contributed by atoms with van der Waals surface area (Å²) in [6.45, 7) is 7.95. The van der Waals surface area contributed by atoms with Crippen molar-refractivity contribution in [2.75, 3.05) is 26.7 Å². The topological polar surface area (TPSA) is 32.5 Å². The first-order chi connectivity index (χ1) is 7.04. The zero-order valence-electron chi connectivity index (χ0n) is 10.4. The summed E-state index contributed by atoms with van der Waals surface area (Å²) in [7, 11) is 2.24. The van der Waals surface area contributed by atoms with Crippen molar-refractivity contribution in [3.63, 3.8) is 0 Å². The SMILES string of the molecule is CN1CC(C)(C)N(C2CC2)CC1CCN. The normalized spacial score (nSPS) is 33.2. The Morgan fingerprint density at radius 1 is 1.33 bits per heavy atom. The van der Waals surface area contributed by atoms with Crippen LogP contribution in [-0.4, -0.2) is 54.1 Å². The van der Waals surface area contributed by atoms with E-state index >= 15 is 0 Å². The maximum Gasteiger partial charge on any atom is 0.0283 e. The van der Waals surface area contributed by atoms with Gasteiger partial charge in [0.05, 0.1) is 0 Å². The van der Waals surface area contributed by atoms with Gasteiger partial charge in [-0.3, -0.25) is 4.90 Å². The lowest BCUT2D eigenvalue weighted by atomic mass is 9.94. The van der Waals surface area contributed by atoms with Gasteiger partial charge in [-0.1, -0.05) is 0 Å². The second kappa shape index (κ2) is 4.04. The maximum absolute atomic E-state index is 5.68. The fraction of sp³-hybridized carbons (Fsp3) is 1.00. The highest BCUT2D eigenvalue weighted by Crippen LogP contribution is 2.36. The van der Waals surface area contributed by atoms with Crippen LogP contribution < -0.4 is 5.73 Å². The fourth-order valence-electron chi connectivity index (χ4n) is 2.98. The van der Waals surface area contributed by atoms with Crippen LogP contribution in [0.3, 0.4) is 0 Å². The van der Waals surface area contributed by atoms with Gasteiger partial charge in [-0.15, -0.1) is 0 Å². The molecule has 0 spiro atoms. The minimum absolute atomic E-state index is 0.348. The van der Waals surface area contributed by atoms with E-state index in [-0.39, 0.29) is 0 Å². The second-order valence-electron chi connectivity index (χ2n) is 5.84. The Kier molecular flexibility index (Phi) is 3.06. The number of likely N-dealkylation sites (N-methyl/N-ethyl adjacent to an activating group) is 1. The zero-order valence-corrected chi connectivity index (χ0v) is 10.4. The maximum atomic E-state index is 5.68. The summed E-state index contributed by atoms with van der Waals surface area (Å²) in [6.07, 6.45) is 3.95. The highest BCUT2D eigenvalue weighted by atomic mass is 15.3. The molecule has 0 aromatic heterocycles. The van der Waals surface area contributed by atoms with E-state index in [2.05, 4.69) is 30.7 Å². The summed E-state index contributed by atoms with van der Waals surface area (Å²) < 4.78 is 0. The summed E-state index contributed by atoms with van der Waals surface area (Å²) in [5, 5.41) is 0. The molecule has 0 radical (unpaired) electrons. The van der Waals surface area contributed by atoms with Gasteiger partial charge in [0.1, 0.15) is 0 Å². The van der Waals surface area contributed by atoms with Gasteiger partial charge in [-0.25, -0.2) is 0 Å². The van der Waals surface area contributed by atoms with Crippen LogP contribution in [0.2, 0.25) is 0 Å². The van der Waals surface area contributed by atoms with Crippen LogP contribution in [0.15, 0.2) is 0 Å². The third-order valence-corrected chi connectivity index (χ3v) is 3.93. The lowest BCUT2D eigenvalue weighted by Crippen LogP contribution is -2.63. The molecule has 88 valence electrons. The Bertz CT molecular complexity index is 223. The number of nitrogens with two attached hydrogens (primary N) is 1. The molecule has 1 heterocycles. The number of hydrogen-bond acceptors (Lipinski definition) is 3. The molecule has 1 aliphatic carbocycles. The van der Waals surface area contributed by atoms with Gasteiger partial charge in [0.25, 0.3) is 0 Å². The molecule has 1 saturated heterocycles. The Labute approximate surface area is 93.6 Å². The van der Waals surface area contributed by atoms with Gasteiger partial charge in [-0.05, 0) is 46.7 Å². The van der Waals surface area contributed by atoms with Crippen LogP contribution in [0.1, 0.15) is 33.1 Å². The third-order valence-electron chi connectivity index (χ3n) is 3.93. The predicted octanol–water partition coefficient (Wildman–Crippen LogP) is 0.892. The van der Waals surface area contributed by atoms with E-state index in [1.165, 1.54) is 25.9 Å². The van der Waals surface area contributed by atoms with Crippen molar-refractivity contribution < 1.29 is 0 Å². The van der Waals surface area contributed by atoms with E-state index in [0.717, 1.165) is 19.0 Å².